The highest BCUT2D eigenvalue weighted by molar-refractivity contribution is 7.92. The first-order valence-electron chi connectivity index (χ1n) is 6.09. The van der Waals surface area contributed by atoms with E-state index in [1.54, 1.807) is 6.92 Å². The van der Waals surface area contributed by atoms with Gasteiger partial charge in [-0.1, -0.05) is 26.7 Å². The van der Waals surface area contributed by atoms with Crippen molar-refractivity contribution in [2.75, 3.05) is 5.75 Å². The number of carbonyl (C=O) groups excluding carboxylic acids is 1. The maximum Gasteiger partial charge on any atom is 0.160 e. The van der Waals surface area contributed by atoms with E-state index in [0.717, 1.165) is 25.7 Å². The van der Waals surface area contributed by atoms with Crippen LogP contribution in [0, 0.1) is 11.8 Å². The normalized spacial score (nSPS) is 20.2. The van der Waals surface area contributed by atoms with Gasteiger partial charge in [-0.05, 0) is 25.7 Å². The SMILES string of the molecule is CC(C)C(C)S(=O)(=O)CC(=O)C1CCCC1. The summed E-state index contributed by atoms with van der Waals surface area (Å²) in [4.78, 5) is 11.8. The molecule has 16 heavy (non-hydrogen) atoms. The van der Waals surface area contributed by atoms with Gasteiger partial charge in [0, 0.05) is 5.92 Å². The van der Waals surface area contributed by atoms with Crippen LogP contribution in [0.1, 0.15) is 46.5 Å². The zero-order chi connectivity index (χ0) is 12.3. The van der Waals surface area contributed by atoms with E-state index in [9.17, 15) is 13.2 Å². The summed E-state index contributed by atoms with van der Waals surface area (Å²) >= 11 is 0. The Labute approximate surface area is 98.5 Å². The Morgan fingerprint density at radius 1 is 1.19 bits per heavy atom. The second kappa shape index (κ2) is 5.30. The molecule has 0 aromatic carbocycles. The van der Waals surface area contributed by atoms with Crippen molar-refractivity contribution in [3.05, 3.63) is 0 Å². The first-order chi connectivity index (χ1) is 7.34. The van der Waals surface area contributed by atoms with E-state index in [2.05, 4.69) is 0 Å². The minimum Gasteiger partial charge on any atom is -0.298 e. The molecule has 0 radical (unpaired) electrons. The lowest BCUT2D eigenvalue weighted by molar-refractivity contribution is -0.120. The van der Waals surface area contributed by atoms with E-state index in [1.807, 2.05) is 13.8 Å². The Hall–Kier alpha value is -0.380. The topological polar surface area (TPSA) is 51.2 Å². The highest BCUT2D eigenvalue weighted by Gasteiger charge is 2.31. The van der Waals surface area contributed by atoms with Gasteiger partial charge in [-0.3, -0.25) is 4.79 Å². The first-order valence-corrected chi connectivity index (χ1v) is 7.80. The van der Waals surface area contributed by atoms with Crippen molar-refractivity contribution in [3.63, 3.8) is 0 Å². The van der Waals surface area contributed by atoms with Crippen molar-refractivity contribution in [2.45, 2.75) is 51.7 Å². The van der Waals surface area contributed by atoms with E-state index < -0.39 is 15.1 Å². The third kappa shape index (κ3) is 3.30. The van der Waals surface area contributed by atoms with Crippen LogP contribution in [0.2, 0.25) is 0 Å². The molecule has 1 rings (SSSR count). The summed E-state index contributed by atoms with van der Waals surface area (Å²) in [6.07, 6.45) is 3.89. The molecule has 1 unspecified atom stereocenters. The lowest BCUT2D eigenvalue weighted by Crippen LogP contribution is -2.31. The third-order valence-corrected chi connectivity index (χ3v) is 6.02. The van der Waals surface area contributed by atoms with E-state index in [1.165, 1.54) is 0 Å². The van der Waals surface area contributed by atoms with Crippen molar-refractivity contribution in [2.24, 2.45) is 11.8 Å². The van der Waals surface area contributed by atoms with Crippen LogP contribution in [0.4, 0.5) is 0 Å². The van der Waals surface area contributed by atoms with Crippen LogP contribution < -0.4 is 0 Å². The molecule has 1 aliphatic carbocycles. The zero-order valence-corrected chi connectivity index (χ0v) is 11.2. The summed E-state index contributed by atoms with van der Waals surface area (Å²) in [5.41, 5.74) is 0. The fourth-order valence-electron chi connectivity index (χ4n) is 2.11. The maximum absolute atomic E-state index is 11.9. The van der Waals surface area contributed by atoms with Gasteiger partial charge < -0.3 is 0 Å². The van der Waals surface area contributed by atoms with Gasteiger partial charge in [0.05, 0.1) is 5.25 Å². The summed E-state index contributed by atoms with van der Waals surface area (Å²) in [6.45, 7) is 5.45. The molecule has 0 amide bonds. The molecule has 0 aromatic rings. The van der Waals surface area contributed by atoms with Crippen molar-refractivity contribution in [1.82, 2.24) is 0 Å². The summed E-state index contributed by atoms with van der Waals surface area (Å²) in [5.74, 6) is -0.239. The van der Waals surface area contributed by atoms with Gasteiger partial charge in [0.1, 0.15) is 5.75 Å². The van der Waals surface area contributed by atoms with Crippen LogP contribution in [0.15, 0.2) is 0 Å². The number of hydrogen-bond acceptors (Lipinski definition) is 3. The molecule has 3 nitrogen and oxygen atoms in total. The lowest BCUT2D eigenvalue weighted by atomic mass is 10.0. The van der Waals surface area contributed by atoms with Gasteiger partial charge >= 0.3 is 0 Å². The van der Waals surface area contributed by atoms with Crippen LogP contribution >= 0.6 is 0 Å². The van der Waals surface area contributed by atoms with Crippen LogP contribution in [0.25, 0.3) is 0 Å². The standard InChI is InChI=1S/C12H22O3S/c1-9(2)10(3)16(14,15)8-12(13)11-6-4-5-7-11/h9-11H,4-8H2,1-3H3. The zero-order valence-electron chi connectivity index (χ0n) is 10.4. The van der Waals surface area contributed by atoms with E-state index in [0.29, 0.717) is 0 Å². The molecule has 0 aliphatic heterocycles. The largest absolute Gasteiger partial charge is 0.298 e. The molecular formula is C12H22O3S. The van der Waals surface area contributed by atoms with Gasteiger partial charge in [0.25, 0.3) is 0 Å². The van der Waals surface area contributed by atoms with Crippen LogP contribution in [0.5, 0.6) is 0 Å². The number of carbonyl (C=O) groups is 1. The average molecular weight is 246 g/mol. The molecule has 0 N–H and O–H groups in total. The summed E-state index contributed by atoms with van der Waals surface area (Å²) in [6, 6.07) is 0. The number of sulfone groups is 1. The second-order valence-electron chi connectivity index (χ2n) is 5.20. The van der Waals surface area contributed by atoms with E-state index in [4.69, 9.17) is 0 Å². The molecule has 4 heteroatoms. The summed E-state index contributed by atoms with van der Waals surface area (Å²) in [5, 5.41) is -0.419. The Morgan fingerprint density at radius 2 is 1.69 bits per heavy atom. The van der Waals surface area contributed by atoms with E-state index in [-0.39, 0.29) is 23.4 Å². The number of ketones is 1. The fraction of sp³-hybridized carbons (Fsp3) is 0.917. The summed E-state index contributed by atoms with van der Waals surface area (Å²) in [7, 11) is -3.25. The molecule has 0 saturated heterocycles. The van der Waals surface area contributed by atoms with Crippen LogP contribution in [-0.4, -0.2) is 25.2 Å². The minimum absolute atomic E-state index is 0.00846. The molecule has 94 valence electrons. The van der Waals surface area contributed by atoms with Crippen LogP contribution in [-0.2, 0) is 14.6 Å². The Kier molecular flexibility index (Phi) is 4.53. The van der Waals surface area contributed by atoms with Crippen molar-refractivity contribution < 1.29 is 13.2 Å². The van der Waals surface area contributed by atoms with Gasteiger partial charge in [0.2, 0.25) is 0 Å². The molecular weight excluding hydrogens is 224 g/mol. The molecule has 1 saturated carbocycles. The van der Waals surface area contributed by atoms with Crippen molar-refractivity contribution in [1.29, 1.82) is 0 Å². The molecule has 0 bridgehead atoms. The van der Waals surface area contributed by atoms with Gasteiger partial charge in [-0.25, -0.2) is 8.42 Å². The summed E-state index contributed by atoms with van der Waals surface area (Å²) < 4.78 is 23.8. The molecule has 0 aromatic heterocycles. The quantitative estimate of drug-likeness (QED) is 0.747. The first kappa shape index (κ1) is 13.7. The smallest absolute Gasteiger partial charge is 0.160 e. The molecule has 1 atom stereocenters. The Morgan fingerprint density at radius 3 is 2.12 bits per heavy atom. The van der Waals surface area contributed by atoms with Crippen LogP contribution in [0.3, 0.4) is 0 Å². The van der Waals surface area contributed by atoms with E-state index >= 15 is 0 Å². The fourth-order valence-corrected chi connectivity index (χ4v) is 3.83. The predicted octanol–water partition coefficient (Wildman–Crippen LogP) is 2.21. The van der Waals surface area contributed by atoms with Gasteiger partial charge in [-0.15, -0.1) is 0 Å². The van der Waals surface area contributed by atoms with Gasteiger partial charge in [-0.2, -0.15) is 0 Å². The Balaban J connectivity index is 2.61. The highest BCUT2D eigenvalue weighted by Crippen LogP contribution is 2.26. The number of Topliss-reactive ketones (excluding diaryl/α,β-unsaturated/α-hetero) is 1. The minimum atomic E-state index is -3.25. The highest BCUT2D eigenvalue weighted by atomic mass is 32.2. The predicted molar refractivity (Wildman–Crippen MR) is 65.1 cm³/mol. The van der Waals surface area contributed by atoms with Gasteiger partial charge in [0.15, 0.2) is 15.6 Å². The molecule has 1 aliphatic rings. The lowest BCUT2D eigenvalue weighted by Gasteiger charge is -2.17. The monoisotopic (exact) mass is 246 g/mol. The molecule has 1 fully saturated rings. The second-order valence-corrected chi connectivity index (χ2v) is 7.56. The maximum atomic E-state index is 11.9. The van der Waals surface area contributed by atoms with Crippen molar-refractivity contribution in [3.8, 4) is 0 Å². The third-order valence-electron chi connectivity index (χ3n) is 3.66. The average Bonchev–Trinajstić information content (AvgIpc) is 2.68. The van der Waals surface area contributed by atoms with Crippen molar-refractivity contribution >= 4 is 15.6 Å². The number of hydrogen-bond donors (Lipinski definition) is 0. The molecule has 0 heterocycles. The Bertz CT molecular complexity index is 337. The number of rotatable bonds is 5. The molecule has 0 spiro atoms.